The maximum Gasteiger partial charge on any atom is 0.255 e. The summed E-state index contributed by atoms with van der Waals surface area (Å²) >= 11 is 0. The predicted octanol–water partition coefficient (Wildman–Crippen LogP) is 4.65. The molecule has 0 atom stereocenters. The number of carbonyl (C=O) groups excluding carboxylic acids is 3. The van der Waals surface area contributed by atoms with Gasteiger partial charge >= 0.3 is 0 Å². The van der Waals surface area contributed by atoms with Gasteiger partial charge in [0.05, 0.1) is 6.54 Å². The lowest BCUT2D eigenvalue weighted by Gasteiger charge is -2.11. The first-order chi connectivity index (χ1) is 15.4. The molecule has 7 nitrogen and oxygen atoms in total. The van der Waals surface area contributed by atoms with Crippen LogP contribution >= 0.6 is 0 Å². The van der Waals surface area contributed by atoms with E-state index in [9.17, 15) is 14.4 Å². The van der Waals surface area contributed by atoms with E-state index < -0.39 is 0 Å². The molecule has 3 aromatic rings. The molecule has 164 valence electrons. The Morgan fingerprint density at radius 1 is 0.688 bits per heavy atom. The number of hydrogen-bond acceptors (Lipinski definition) is 4. The summed E-state index contributed by atoms with van der Waals surface area (Å²) in [5, 5.41) is 11.5. The van der Waals surface area contributed by atoms with Gasteiger partial charge < -0.3 is 21.3 Å². The van der Waals surface area contributed by atoms with Gasteiger partial charge in [-0.3, -0.25) is 14.4 Å². The van der Waals surface area contributed by atoms with Crippen LogP contribution < -0.4 is 21.3 Å². The maximum absolute atomic E-state index is 12.3. The second-order valence-electron chi connectivity index (χ2n) is 7.29. The summed E-state index contributed by atoms with van der Waals surface area (Å²) < 4.78 is 0. The van der Waals surface area contributed by atoms with E-state index in [0.29, 0.717) is 29.0 Å². The van der Waals surface area contributed by atoms with Crippen molar-refractivity contribution in [2.45, 2.75) is 20.3 Å². The van der Waals surface area contributed by atoms with Crippen LogP contribution in [0.5, 0.6) is 0 Å². The van der Waals surface area contributed by atoms with Crippen LogP contribution in [0.3, 0.4) is 0 Å². The molecule has 0 aliphatic carbocycles. The summed E-state index contributed by atoms with van der Waals surface area (Å²) in [6.07, 6.45) is 0.384. The summed E-state index contributed by atoms with van der Waals surface area (Å²) in [6, 6.07) is 21.5. The number of nitrogens with one attached hydrogen (secondary N) is 4. The van der Waals surface area contributed by atoms with Crippen molar-refractivity contribution in [1.82, 2.24) is 0 Å². The minimum absolute atomic E-state index is 0.0700. The lowest BCUT2D eigenvalue weighted by molar-refractivity contribution is -0.116. The van der Waals surface area contributed by atoms with Crippen molar-refractivity contribution >= 4 is 40.5 Å². The second kappa shape index (κ2) is 10.8. The zero-order valence-corrected chi connectivity index (χ0v) is 18.1. The summed E-state index contributed by atoms with van der Waals surface area (Å²) in [7, 11) is 0. The Morgan fingerprint density at radius 2 is 1.31 bits per heavy atom. The number of hydrogen-bond donors (Lipinski definition) is 4. The number of anilines is 4. The molecule has 7 heteroatoms. The number of amides is 3. The molecule has 0 saturated heterocycles. The van der Waals surface area contributed by atoms with Crippen molar-refractivity contribution in [3.8, 4) is 0 Å². The highest BCUT2D eigenvalue weighted by molar-refractivity contribution is 6.04. The van der Waals surface area contributed by atoms with Gasteiger partial charge in [0.1, 0.15) is 0 Å². The first-order valence-corrected chi connectivity index (χ1v) is 10.3. The van der Waals surface area contributed by atoms with Crippen molar-refractivity contribution < 1.29 is 14.4 Å². The fourth-order valence-electron chi connectivity index (χ4n) is 2.97. The van der Waals surface area contributed by atoms with Crippen molar-refractivity contribution in [3.05, 3.63) is 83.9 Å². The van der Waals surface area contributed by atoms with E-state index in [1.165, 1.54) is 0 Å². The molecule has 0 aromatic heterocycles. The standard InChI is InChI=1S/C25H26N4O3/c1-3-23(30)27-21-8-5-9-22(15-21)28-24(31)16-26-19-10-12-20(13-11-19)29-25(32)18-7-4-6-17(2)14-18/h4-15,26H,3,16H2,1-2H3,(H,27,30)(H,28,31)(H,29,32). The lowest BCUT2D eigenvalue weighted by atomic mass is 10.1. The quantitative estimate of drug-likeness (QED) is 0.418. The Labute approximate surface area is 187 Å². The van der Waals surface area contributed by atoms with E-state index in [4.69, 9.17) is 0 Å². The largest absolute Gasteiger partial charge is 0.376 e. The van der Waals surface area contributed by atoms with E-state index in [-0.39, 0.29) is 24.3 Å². The minimum Gasteiger partial charge on any atom is -0.376 e. The van der Waals surface area contributed by atoms with Crippen LogP contribution in [0.4, 0.5) is 22.7 Å². The van der Waals surface area contributed by atoms with Crippen molar-refractivity contribution in [3.63, 3.8) is 0 Å². The van der Waals surface area contributed by atoms with Crippen LogP contribution in [-0.2, 0) is 9.59 Å². The lowest BCUT2D eigenvalue weighted by Crippen LogP contribution is -2.21. The van der Waals surface area contributed by atoms with Gasteiger partial charge in [-0.2, -0.15) is 0 Å². The summed E-state index contributed by atoms with van der Waals surface area (Å²) in [4.78, 5) is 36.1. The van der Waals surface area contributed by atoms with Gasteiger partial charge in [-0.05, 0) is 61.5 Å². The van der Waals surface area contributed by atoms with Gasteiger partial charge in [0.2, 0.25) is 11.8 Å². The highest BCUT2D eigenvalue weighted by atomic mass is 16.2. The average Bonchev–Trinajstić information content (AvgIpc) is 2.78. The molecule has 3 rings (SSSR count). The number of aryl methyl sites for hydroxylation is 1. The number of rotatable bonds is 8. The Morgan fingerprint density at radius 3 is 1.97 bits per heavy atom. The Kier molecular flexibility index (Phi) is 7.59. The Bertz CT molecular complexity index is 1110. The van der Waals surface area contributed by atoms with Gasteiger partial charge in [0.25, 0.3) is 5.91 Å². The summed E-state index contributed by atoms with van der Waals surface area (Å²) in [5.74, 6) is -0.486. The average molecular weight is 431 g/mol. The SMILES string of the molecule is CCC(=O)Nc1cccc(NC(=O)CNc2ccc(NC(=O)c3cccc(C)c3)cc2)c1. The van der Waals surface area contributed by atoms with E-state index >= 15 is 0 Å². The normalized spacial score (nSPS) is 10.2. The second-order valence-corrected chi connectivity index (χ2v) is 7.29. The van der Waals surface area contributed by atoms with Crippen LogP contribution in [0.15, 0.2) is 72.8 Å². The minimum atomic E-state index is -0.221. The molecule has 3 amide bonds. The van der Waals surface area contributed by atoms with Crippen LogP contribution in [0.2, 0.25) is 0 Å². The molecule has 0 heterocycles. The van der Waals surface area contributed by atoms with Gasteiger partial charge in [-0.15, -0.1) is 0 Å². The molecular weight excluding hydrogens is 404 g/mol. The van der Waals surface area contributed by atoms with E-state index in [0.717, 1.165) is 11.3 Å². The molecule has 4 N–H and O–H groups in total. The molecule has 3 aromatic carbocycles. The van der Waals surface area contributed by atoms with E-state index in [1.807, 2.05) is 25.1 Å². The van der Waals surface area contributed by atoms with Crippen LogP contribution in [-0.4, -0.2) is 24.3 Å². The van der Waals surface area contributed by atoms with Gasteiger partial charge in [0, 0.05) is 34.7 Å². The zero-order valence-electron chi connectivity index (χ0n) is 18.1. The molecule has 32 heavy (non-hydrogen) atoms. The van der Waals surface area contributed by atoms with E-state index in [2.05, 4.69) is 21.3 Å². The fourth-order valence-corrected chi connectivity index (χ4v) is 2.97. The molecule has 0 bridgehead atoms. The van der Waals surface area contributed by atoms with Gasteiger partial charge in [-0.1, -0.05) is 30.7 Å². The van der Waals surface area contributed by atoms with Gasteiger partial charge in [-0.25, -0.2) is 0 Å². The third kappa shape index (κ3) is 6.70. The van der Waals surface area contributed by atoms with Crippen LogP contribution in [0.1, 0.15) is 29.3 Å². The number of carbonyl (C=O) groups is 3. The maximum atomic E-state index is 12.3. The first-order valence-electron chi connectivity index (χ1n) is 10.3. The highest BCUT2D eigenvalue weighted by Crippen LogP contribution is 2.17. The molecule has 0 unspecified atom stereocenters. The van der Waals surface area contributed by atoms with Crippen LogP contribution in [0, 0.1) is 6.92 Å². The first kappa shape index (κ1) is 22.6. The monoisotopic (exact) mass is 430 g/mol. The third-order valence-corrected chi connectivity index (χ3v) is 4.63. The molecule has 0 aliphatic heterocycles. The van der Waals surface area contributed by atoms with Crippen molar-refractivity contribution in [2.24, 2.45) is 0 Å². The van der Waals surface area contributed by atoms with Crippen LogP contribution in [0.25, 0.3) is 0 Å². The number of benzene rings is 3. The molecule has 0 spiro atoms. The highest BCUT2D eigenvalue weighted by Gasteiger charge is 2.07. The van der Waals surface area contributed by atoms with Gasteiger partial charge in [0.15, 0.2) is 0 Å². The summed E-state index contributed by atoms with van der Waals surface area (Å²) in [6.45, 7) is 3.78. The predicted molar refractivity (Wildman–Crippen MR) is 128 cm³/mol. The molecular formula is C25H26N4O3. The summed E-state index contributed by atoms with van der Waals surface area (Å²) in [5.41, 5.74) is 4.26. The Hall–Kier alpha value is -4.13. The van der Waals surface area contributed by atoms with Crippen molar-refractivity contribution in [2.75, 3.05) is 27.8 Å². The van der Waals surface area contributed by atoms with E-state index in [1.54, 1.807) is 61.5 Å². The molecule has 0 saturated carbocycles. The zero-order chi connectivity index (χ0) is 22.9. The van der Waals surface area contributed by atoms with Crippen molar-refractivity contribution in [1.29, 1.82) is 0 Å². The Balaban J connectivity index is 1.49. The molecule has 0 fully saturated rings. The molecule has 0 aliphatic rings. The smallest absolute Gasteiger partial charge is 0.255 e. The topological polar surface area (TPSA) is 99.3 Å². The third-order valence-electron chi connectivity index (χ3n) is 4.63. The molecule has 0 radical (unpaired) electrons. The fraction of sp³-hybridized carbons (Fsp3) is 0.160.